The average molecular weight is 1290 g/mol. The van der Waals surface area contributed by atoms with Crippen LogP contribution >= 0.6 is 0 Å². The first-order valence-corrected chi connectivity index (χ1v) is 32.7. The molecule has 6 N–H and O–H groups in total. The fourth-order valence-corrected chi connectivity index (χ4v) is 11.1. The molecular formula is C66H119N11O14. The van der Waals surface area contributed by atoms with E-state index in [2.05, 4.69) is 21.3 Å². The van der Waals surface area contributed by atoms with E-state index in [0.29, 0.717) is 6.42 Å². The SMILES string of the molecule is C/C=C/C[C@@H](C)[C@@H](O)[C@H]1C(=O)N[C@@H](CC)C(=O)N(C)CC(=O)N(C)[C@@H](CC(C)C)C(=O)N[C@@H](C(C)C)C(=O)N(C)[C@@H](CC(C)C)C(=O)N[C@@H](C)C(=O)N[C@H](COCC(C)CO)C(=O)N(C)[C@@H](CC(C)C)C(=O)N(C)[C@@H](CC(C)C)C(=O)N(C)[C@@H](C(C)C)C(=O)N1C. The summed E-state index contributed by atoms with van der Waals surface area (Å²) in [5, 5.41) is 33.0. The van der Waals surface area contributed by atoms with Crippen molar-refractivity contribution in [2.75, 3.05) is 75.7 Å². The maximum Gasteiger partial charge on any atom is 0.247 e. The number of nitrogens with zero attached hydrogens (tertiary/aromatic N) is 7. The number of ether oxygens (including phenoxy) is 1. The van der Waals surface area contributed by atoms with E-state index in [1.165, 1.54) is 80.8 Å². The predicted molar refractivity (Wildman–Crippen MR) is 350 cm³/mol. The molecule has 11 amide bonds. The number of hydrogen-bond acceptors (Lipinski definition) is 14. The number of likely N-dealkylation sites (N-methyl/N-ethyl adjacent to an activating group) is 7. The Morgan fingerprint density at radius 3 is 1.41 bits per heavy atom. The van der Waals surface area contributed by atoms with Crippen LogP contribution in [0.4, 0.5) is 0 Å². The van der Waals surface area contributed by atoms with E-state index in [9.17, 15) is 48.6 Å². The molecule has 0 aromatic carbocycles. The van der Waals surface area contributed by atoms with Crippen molar-refractivity contribution in [3.05, 3.63) is 12.2 Å². The summed E-state index contributed by atoms with van der Waals surface area (Å²) in [6.07, 6.45) is 2.82. The van der Waals surface area contributed by atoms with Crippen molar-refractivity contribution in [2.24, 2.45) is 47.3 Å². The van der Waals surface area contributed by atoms with Crippen molar-refractivity contribution in [3.63, 3.8) is 0 Å². The molecule has 1 saturated heterocycles. The summed E-state index contributed by atoms with van der Waals surface area (Å²) < 4.78 is 5.91. The van der Waals surface area contributed by atoms with Crippen LogP contribution in [0, 0.1) is 47.3 Å². The number of rotatable bonds is 20. The molecule has 25 heteroatoms. The molecule has 0 spiro atoms. The zero-order valence-electron chi connectivity index (χ0n) is 59.6. The summed E-state index contributed by atoms with van der Waals surface area (Å²) in [6.45, 7) is 28.7. The van der Waals surface area contributed by atoms with Gasteiger partial charge in [-0.2, -0.15) is 0 Å². The quantitative estimate of drug-likeness (QED) is 0.0956. The van der Waals surface area contributed by atoms with Crippen molar-refractivity contribution in [3.8, 4) is 0 Å². The Hall–Kier alpha value is -6.21. The molecule has 91 heavy (non-hydrogen) atoms. The molecule has 0 aliphatic carbocycles. The Labute approximate surface area is 544 Å². The van der Waals surface area contributed by atoms with Gasteiger partial charge in [0.05, 0.1) is 25.9 Å². The highest BCUT2D eigenvalue weighted by atomic mass is 16.5. The second kappa shape index (κ2) is 38.7. The number of nitrogens with one attached hydrogen (secondary N) is 4. The first kappa shape index (κ1) is 82.8. The van der Waals surface area contributed by atoms with Gasteiger partial charge in [0.2, 0.25) is 65.0 Å². The summed E-state index contributed by atoms with van der Waals surface area (Å²) in [7, 11) is 9.81. The molecule has 25 nitrogen and oxygen atoms in total. The number of amides is 11. The largest absolute Gasteiger partial charge is 0.396 e. The van der Waals surface area contributed by atoms with Gasteiger partial charge in [-0.25, -0.2) is 0 Å². The van der Waals surface area contributed by atoms with Crippen molar-refractivity contribution in [2.45, 2.75) is 223 Å². The zero-order chi connectivity index (χ0) is 70.4. The summed E-state index contributed by atoms with van der Waals surface area (Å²) in [5.41, 5.74) is 0. The summed E-state index contributed by atoms with van der Waals surface area (Å²) >= 11 is 0. The summed E-state index contributed by atoms with van der Waals surface area (Å²) in [6, 6.07) is -13.0. The van der Waals surface area contributed by atoms with Gasteiger partial charge in [-0.15, -0.1) is 0 Å². The fraction of sp³-hybridized carbons (Fsp3) is 0.803. The number of carbonyl (C=O) groups is 11. The molecule has 1 aliphatic rings. The number of allylic oxidation sites excluding steroid dienone is 2. The van der Waals surface area contributed by atoms with Crippen LogP contribution in [-0.4, -0.2) is 252 Å². The normalized spacial score (nSPS) is 26.3. The highest BCUT2D eigenvalue weighted by Crippen LogP contribution is 2.26. The van der Waals surface area contributed by atoms with Crippen LogP contribution in [-0.2, 0) is 57.5 Å². The van der Waals surface area contributed by atoms with Crippen molar-refractivity contribution in [1.82, 2.24) is 55.6 Å². The van der Waals surface area contributed by atoms with E-state index in [1.54, 1.807) is 67.5 Å². The van der Waals surface area contributed by atoms with Gasteiger partial charge in [0.15, 0.2) is 0 Å². The highest BCUT2D eigenvalue weighted by Gasteiger charge is 2.46. The van der Waals surface area contributed by atoms with E-state index in [4.69, 9.17) is 4.74 Å². The molecule has 0 saturated carbocycles. The van der Waals surface area contributed by atoms with Crippen LogP contribution in [0.2, 0.25) is 0 Å². The van der Waals surface area contributed by atoms with E-state index in [1.807, 2.05) is 55.4 Å². The molecule has 13 atom stereocenters. The molecule has 1 unspecified atom stereocenters. The fourth-order valence-electron chi connectivity index (χ4n) is 11.1. The van der Waals surface area contributed by atoms with Gasteiger partial charge in [-0.1, -0.05) is 116 Å². The lowest BCUT2D eigenvalue weighted by atomic mass is 9.91. The molecule has 0 aromatic rings. The number of carbonyl (C=O) groups excluding carboxylic acids is 11. The number of hydrogen-bond donors (Lipinski definition) is 6. The van der Waals surface area contributed by atoms with Crippen LogP contribution in [0.1, 0.15) is 156 Å². The van der Waals surface area contributed by atoms with Crippen LogP contribution < -0.4 is 21.3 Å². The Kier molecular flexibility index (Phi) is 35.2. The Bertz CT molecular complexity index is 2460. The number of aliphatic hydroxyl groups excluding tert-OH is 2. The average Bonchev–Trinajstić information content (AvgIpc) is 0.841. The topological polar surface area (TPSA) is 308 Å². The van der Waals surface area contributed by atoms with Gasteiger partial charge in [-0.05, 0) is 93.8 Å². The lowest BCUT2D eigenvalue weighted by Gasteiger charge is -2.41. The monoisotopic (exact) mass is 1290 g/mol. The van der Waals surface area contributed by atoms with E-state index in [-0.39, 0.29) is 74.9 Å². The first-order chi connectivity index (χ1) is 42.1. The standard InChI is InChI=1S/C66H119N11O14/c1-25-27-28-44(16)56(80)55-60(84)68-46(26-2)61(85)71(18)33-52(79)72(19)48(29-37(3)4)59(83)70-53(41(11)12)65(89)73(20)49(30-38(5)6)58(82)67-45(17)57(81)69-47(36-91-35-43(15)34-78)62(86)74(21)50(31-39(7)8)63(87)75(22)51(32-40(9)10)64(88)76(23)54(42(13)14)66(90)77(55)24/h25,27,37-51,53-56,78,80H,26,28-36H2,1-24H3,(H,67,82)(H,68,84)(H,69,81)(H,70,83)/b27-25+/t43?,44-,45+,46+,47-,48+,49+,50+,51+,53+,54+,55+,56-/m1/s1. The number of aliphatic hydroxyl groups is 2. The van der Waals surface area contributed by atoms with E-state index in [0.717, 1.165) is 9.80 Å². The molecule has 522 valence electrons. The predicted octanol–water partition coefficient (Wildman–Crippen LogP) is 2.89. The van der Waals surface area contributed by atoms with Gasteiger partial charge < -0.3 is 70.5 Å². The smallest absolute Gasteiger partial charge is 0.247 e. The van der Waals surface area contributed by atoms with Gasteiger partial charge in [0.1, 0.15) is 60.4 Å². The zero-order valence-corrected chi connectivity index (χ0v) is 59.6. The minimum Gasteiger partial charge on any atom is -0.396 e. The molecule has 1 rings (SSSR count). The Balaban J connectivity index is 4.47. The van der Waals surface area contributed by atoms with Crippen molar-refractivity contribution in [1.29, 1.82) is 0 Å². The highest BCUT2D eigenvalue weighted by molar-refractivity contribution is 5.99. The molecular weight excluding hydrogens is 1170 g/mol. The minimum absolute atomic E-state index is 0.00971. The minimum atomic E-state index is -1.63. The van der Waals surface area contributed by atoms with Crippen molar-refractivity contribution < 1.29 is 67.7 Å². The second-order valence-corrected chi connectivity index (χ2v) is 27.7. The Morgan fingerprint density at radius 2 is 0.945 bits per heavy atom. The summed E-state index contributed by atoms with van der Waals surface area (Å²) in [5.74, 6) is -10.7. The molecule has 0 aromatic heterocycles. The second-order valence-electron chi connectivity index (χ2n) is 27.7. The van der Waals surface area contributed by atoms with Gasteiger partial charge in [0, 0.05) is 61.9 Å². The molecule has 1 fully saturated rings. The summed E-state index contributed by atoms with van der Waals surface area (Å²) in [4.78, 5) is 171. The molecule has 0 radical (unpaired) electrons. The van der Waals surface area contributed by atoms with Crippen LogP contribution in [0.15, 0.2) is 12.2 Å². The maximum absolute atomic E-state index is 15.3. The van der Waals surface area contributed by atoms with Gasteiger partial charge in [0.25, 0.3) is 0 Å². The third-order valence-corrected chi connectivity index (χ3v) is 17.0. The van der Waals surface area contributed by atoms with Gasteiger partial charge in [-0.3, -0.25) is 52.7 Å². The lowest BCUT2D eigenvalue weighted by molar-refractivity contribution is -0.157. The third kappa shape index (κ3) is 24.3. The van der Waals surface area contributed by atoms with Crippen LogP contribution in [0.3, 0.4) is 0 Å². The maximum atomic E-state index is 15.3. The molecule has 1 aliphatic heterocycles. The van der Waals surface area contributed by atoms with E-state index < -0.39 is 162 Å². The third-order valence-electron chi connectivity index (χ3n) is 17.0. The first-order valence-electron chi connectivity index (χ1n) is 32.7. The molecule has 1 heterocycles. The van der Waals surface area contributed by atoms with Crippen LogP contribution in [0.5, 0.6) is 0 Å². The van der Waals surface area contributed by atoms with Crippen LogP contribution in [0.25, 0.3) is 0 Å². The van der Waals surface area contributed by atoms with E-state index >= 15 is 14.4 Å². The Morgan fingerprint density at radius 1 is 0.505 bits per heavy atom. The van der Waals surface area contributed by atoms with Crippen molar-refractivity contribution >= 4 is 65.0 Å². The van der Waals surface area contributed by atoms with Gasteiger partial charge >= 0.3 is 0 Å². The lowest BCUT2D eigenvalue weighted by Crippen LogP contribution is -2.63. The molecule has 0 bridgehead atoms.